The topological polar surface area (TPSA) is 61.8 Å². The van der Waals surface area contributed by atoms with Gasteiger partial charge >= 0.3 is 0 Å². The largest absolute Gasteiger partial charge is 0.493 e. The Morgan fingerprint density at radius 3 is 1.67 bits per heavy atom. The molecule has 0 radical (unpaired) electrons. The minimum atomic E-state index is -0.405. The van der Waals surface area contributed by atoms with Gasteiger partial charge in [-0.05, 0) is 35.4 Å². The standard InChI is InChI=1S/C16H14O5/c1-19-11-5-7-8(6-12(11)20-2)16-14-10(18)4-3-9(17)13(14)15(7)21-16/h3-6,13-16H,1-2H3. The summed E-state index contributed by atoms with van der Waals surface area (Å²) in [5.41, 5.74) is 1.85. The first-order valence-corrected chi connectivity index (χ1v) is 6.82. The fourth-order valence-corrected chi connectivity index (χ4v) is 3.68. The van der Waals surface area contributed by atoms with Crippen LogP contribution in [0.5, 0.6) is 11.5 Å². The van der Waals surface area contributed by atoms with Crippen LogP contribution in [0.3, 0.4) is 0 Å². The minimum absolute atomic E-state index is 0.0347. The van der Waals surface area contributed by atoms with Crippen LogP contribution in [0.1, 0.15) is 23.3 Å². The monoisotopic (exact) mass is 286 g/mol. The molecule has 2 aliphatic heterocycles. The average Bonchev–Trinajstić information content (AvgIpc) is 3.06. The van der Waals surface area contributed by atoms with Gasteiger partial charge < -0.3 is 14.2 Å². The Morgan fingerprint density at radius 1 is 0.857 bits per heavy atom. The molecule has 1 saturated heterocycles. The molecule has 3 aliphatic rings. The summed E-state index contributed by atoms with van der Waals surface area (Å²) >= 11 is 0. The average molecular weight is 286 g/mol. The molecule has 2 heterocycles. The molecule has 4 rings (SSSR count). The van der Waals surface area contributed by atoms with Gasteiger partial charge in [-0.15, -0.1) is 0 Å². The summed E-state index contributed by atoms with van der Waals surface area (Å²) in [4.78, 5) is 24.2. The molecule has 2 bridgehead atoms. The van der Waals surface area contributed by atoms with Crippen LogP contribution in [0.4, 0.5) is 0 Å². The van der Waals surface area contributed by atoms with Gasteiger partial charge in [0.25, 0.3) is 0 Å². The number of allylic oxidation sites excluding steroid dienone is 2. The van der Waals surface area contributed by atoms with Gasteiger partial charge in [-0.1, -0.05) is 0 Å². The molecule has 1 aromatic carbocycles. The number of fused-ring (bicyclic) bond motifs is 8. The van der Waals surface area contributed by atoms with Gasteiger partial charge in [0.2, 0.25) is 0 Å². The van der Waals surface area contributed by atoms with Crippen LogP contribution in [0.2, 0.25) is 0 Å². The van der Waals surface area contributed by atoms with E-state index in [2.05, 4.69) is 0 Å². The van der Waals surface area contributed by atoms with E-state index in [1.807, 2.05) is 12.1 Å². The van der Waals surface area contributed by atoms with Crippen molar-refractivity contribution in [3.63, 3.8) is 0 Å². The van der Waals surface area contributed by atoms with Crippen molar-refractivity contribution in [1.82, 2.24) is 0 Å². The summed E-state index contributed by atoms with van der Waals surface area (Å²) in [5.74, 6) is 0.333. The zero-order valence-electron chi connectivity index (χ0n) is 11.7. The normalized spacial score (nSPS) is 32.1. The maximum atomic E-state index is 12.1. The first-order chi connectivity index (χ1) is 10.2. The molecule has 0 spiro atoms. The Balaban J connectivity index is 1.87. The van der Waals surface area contributed by atoms with Crippen molar-refractivity contribution in [2.75, 3.05) is 14.2 Å². The molecule has 0 N–H and O–H groups in total. The van der Waals surface area contributed by atoms with Crippen LogP contribution >= 0.6 is 0 Å². The highest BCUT2D eigenvalue weighted by Crippen LogP contribution is 2.60. The van der Waals surface area contributed by atoms with E-state index in [1.165, 1.54) is 12.2 Å². The van der Waals surface area contributed by atoms with Crippen LogP contribution in [0.15, 0.2) is 24.3 Å². The van der Waals surface area contributed by atoms with Gasteiger partial charge in [0.15, 0.2) is 23.1 Å². The van der Waals surface area contributed by atoms with E-state index in [0.29, 0.717) is 11.5 Å². The number of hydrogen-bond donors (Lipinski definition) is 0. The Labute approximate surface area is 121 Å². The predicted octanol–water partition coefficient (Wildman–Crippen LogP) is 1.77. The van der Waals surface area contributed by atoms with E-state index >= 15 is 0 Å². The van der Waals surface area contributed by atoms with Gasteiger partial charge in [-0.2, -0.15) is 0 Å². The van der Waals surface area contributed by atoms with Crippen LogP contribution in [-0.2, 0) is 14.3 Å². The fraction of sp³-hybridized carbons (Fsp3) is 0.375. The van der Waals surface area contributed by atoms with Crippen LogP contribution in [0.25, 0.3) is 0 Å². The summed E-state index contributed by atoms with van der Waals surface area (Å²) < 4.78 is 16.6. The van der Waals surface area contributed by atoms with Crippen molar-refractivity contribution in [2.24, 2.45) is 11.8 Å². The van der Waals surface area contributed by atoms with E-state index < -0.39 is 11.8 Å². The highest BCUT2D eigenvalue weighted by molar-refractivity contribution is 6.08. The third-order valence-corrected chi connectivity index (χ3v) is 4.60. The SMILES string of the molecule is COc1cc2c(cc1OC)C1OC2C2C(=O)C=CC(=O)C12. The zero-order chi connectivity index (χ0) is 14.7. The zero-order valence-corrected chi connectivity index (χ0v) is 11.7. The third-order valence-electron chi connectivity index (χ3n) is 4.60. The summed E-state index contributed by atoms with van der Waals surface area (Å²) in [5, 5.41) is 0. The number of ether oxygens (including phenoxy) is 3. The molecule has 1 aliphatic carbocycles. The number of hydrogen-bond acceptors (Lipinski definition) is 5. The quantitative estimate of drug-likeness (QED) is 0.829. The fourth-order valence-electron chi connectivity index (χ4n) is 3.68. The van der Waals surface area contributed by atoms with Crippen LogP contribution < -0.4 is 9.47 Å². The molecule has 4 unspecified atom stereocenters. The Bertz CT molecular complexity index is 633. The molecule has 1 aromatic rings. The smallest absolute Gasteiger partial charge is 0.162 e. The Kier molecular flexibility index (Phi) is 2.50. The second-order valence-corrected chi connectivity index (χ2v) is 5.50. The van der Waals surface area contributed by atoms with Crippen molar-refractivity contribution in [2.45, 2.75) is 12.2 Å². The van der Waals surface area contributed by atoms with Crippen molar-refractivity contribution in [3.05, 3.63) is 35.4 Å². The lowest BCUT2D eigenvalue weighted by molar-refractivity contribution is -0.128. The van der Waals surface area contributed by atoms with Crippen LogP contribution in [-0.4, -0.2) is 25.8 Å². The minimum Gasteiger partial charge on any atom is -0.493 e. The molecule has 0 amide bonds. The van der Waals surface area contributed by atoms with E-state index in [-0.39, 0.29) is 23.8 Å². The first-order valence-electron chi connectivity index (χ1n) is 6.82. The van der Waals surface area contributed by atoms with E-state index in [9.17, 15) is 9.59 Å². The lowest BCUT2D eigenvalue weighted by Crippen LogP contribution is -2.35. The predicted molar refractivity (Wildman–Crippen MR) is 72.2 cm³/mol. The highest BCUT2D eigenvalue weighted by atomic mass is 16.5. The van der Waals surface area contributed by atoms with Gasteiger partial charge in [0.05, 0.1) is 38.3 Å². The van der Waals surface area contributed by atoms with Gasteiger partial charge in [-0.25, -0.2) is 0 Å². The molecule has 4 atom stereocenters. The molecule has 5 heteroatoms. The lowest BCUT2D eigenvalue weighted by Gasteiger charge is -2.29. The van der Waals surface area contributed by atoms with Gasteiger partial charge in [-0.3, -0.25) is 9.59 Å². The van der Waals surface area contributed by atoms with Crippen molar-refractivity contribution >= 4 is 11.6 Å². The Hall–Kier alpha value is -2.14. The number of ketones is 2. The van der Waals surface area contributed by atoms with Crippen LogP contribution in [0, 0.1) is 11.8 Å². The van der Waals surface area contributed by atoms with E-state index in [4.69, 9.17) is 14.2 Å². The van der Waals surface area contributed by atoms with Crippen molar-refractivity contribution < 1.29 is 23.8 Å². The molecule has 108 valence electrons. The second kappa shape index (κ2) is 4.18. The van der Waals surface area contributed by atoms with Gasteiger partial charge in [0, 0.05) is 0 Å². The molecular weight excluding hydrogens is 272 g/mol. The summed E-state index contributed by atoms with van der Waals surface area (Å²) in [6, 6.07) is 3.70. The molecule has 5 nitrogen and oxygen atoms in total. The van der Waals surface area contributed by atoms with Gasteiger partial charge in [0.1, 0.15) is 0 Å². The maximum absolute atomic E-state index is 12.1. The molecule has 0 aromatic heterocycles. The molecule has 1 fully saturated rings. The number of carbonyl (C=O) groups excluding carboxylic acids is 2. The summed E-state index contributed by atoms with van der Waals surface area (Å²) in [6.45, 7) is 0. The lowest BCUT2D eigenvalue weighted by atomic mass is 9.70. The number of rotatable bonds is 2. The molecule has 21 heavy (non-hydrogen) atoms. The van der Waals surface area contributed by atoms with Crippen molar-refractivity contribution in [3.8, 4) is 11.5 Å². The number of carbonyl (C=O) groups is 2. The number of benzene rings is 1. The summed E-state index contributed by atoms with van der Waals surface area (Å²) in [6.07, 6.45) is 2.01. The highest BCUT2D eigenvalue weighted by Gasteiger charge is 2.58. The molecular formula is C16H14O5. The first kappa shape index (κ1) is 12.6. The van der Waals surface area contributed by atoms with E-state index in [0.717, 1.165) is 11.1 Å². The maximum Gasteiger partial charge on any atom is 0.162 e. The van der Waals surface area contributed by atoms with E-state index in [1.54, 1.807) is 14.2 Å². The molecule has 0 saturated carbocycles. The van der Waals surface area contributed by atoms with Crippen molar-refractivity contribution in [1.29, 1.82) is 0 Å². The third kappa shape index (κ3) is 1.49. The number of methoxy groups -OCH3 is 2. The second-order valence-electron chi connectivity index (χ2n) is 5.50. The Morgan fingerprint density at radius 2 is 1.29 bits per heavy atom. The summed E-state index contributed by atoms with van der Waals surface area (Å²) in [7, 11) is 3.14.